The van der Waals surface area contributed by atoms with E-state index in [1.165, 1.54) is 29.1 Å². The van der Waals surface area contributed by atoms with Crippen molar-refractivity contribution in [3.05, 3.63) is 63.6 Å². The fraction of sp³-hybridized carbons (Fsp3) is 0.483. The molecule has 0 spiro atoms. The maximum atomic E-state index is 12.1. The Bertz CT molecular complexity index is 1170. The van der Waals surface area contributed by atoms with E-state index in [9.17, 15) is 19.5 Å². The summed E-state index contributed by atoms with van der Waals surface area (Å²) in [6, 6.07) is 12.3. The summed E-state index contributed by atoms with van der Waals surface area (Å²) in [5.41, 5.74) is 1.86. The largest absolute Gasteiger partial charge is 0.490 e. The van der Waals surface area contributed by atoms with Crippen molar-refractivity contribution < 1.29 is 24.2 Å². The van der Waals surface area contributed by atoms with Crippen LogP contribution in [0.1, 0.15) is 55.7 Å². The van der Waals surface area contributed by atoms with Crippen molar-refractivity contribution in [1.82, 2.24) is 14.7 Å². The van der Waals surface area contributed by atoms with Gasteiger partial charge in [-0.1, -0.05) is 60.7 Å². The fourth-order valence-electron chi connectivity index (χ4n) is 5.44. The van der Waals surface area contributed by atoms with Gasteiger partial charge >= 0.3 is 12.0 Å². The van der Waals surface area contributed by atoms with E-state index in [1.54, 1.807) is 25.2 Å². The number of likely N-dealkylation sites (N-methyl/N-ethyl adjacent to an activating group) is 1. The van der Waals surface area contributed by atoms with Crippen molar-refractivity contribution >= 4 is 41.1 Å². The average Bonchev–Trinajstić information content (AvgIpc) is 3.15. The zero-order chi connectivity index (χ0) is 27.9. The maximum Gasteiger partial charge on any atom is 0.327 e. The van der Waals surface area contributed by atoms with Crippen molar-refractivity contribution in [2.45, 2.75) is 51.1 Å². The Hall–Kier alpha value is -2.81. The molecule has 10 heteroatoms. The van der Waals surface area contributed by atoms with Gasteiger partial charge in [-0.05, 0) is 54.2 Å². The number of rotatable bonds is 12. The first-order chi connectivity index (χ1) is 18.7. The second-order valence-corrected chi connectivity index (χ2v) is 11.2. The molecule has 210 valence electrons. The summed E-state index contributed by atoms with van der Waals surface area (Å²) in [5.74, 6) is -0.129. The smallest absolute Gasteiger partial charge is 0.327 e. The molecule has 2 aliphatic rings. The van der Waals surface area contributed by atoms with E-state index in [2.05, 4.69) is 4.90 Å². The molecule has 0 aromatic heterocycles. The van der Waals surface area contributed by atoms with E-state index in [4.69, 9.17) is 27.9 Å². The monoisotopic (exact) mass is 575 g/mol. The zero-order valence-corrected chi connectivity index (χ0v) is 23.7. The quantitative estimate of drug-likeness (QED) is 0.318. The van der Waals surface area contributed by atoms with Gasteiger partial charge in [-0.25, -0.2) is 4.79 Å². The number of aliphatic carboxylic acids is 1. The highest BCUT2D eigenvalue weighted by Gasteiger charge is 2.33. The lowest BCUT2D eigenvalue weighted by atomic mass is 9.88. The highest BCUT2D eigenvalue weighted by atomic mass is 35.5. The highest BCUT2D eigenvalue weighted by molar-refractivity contribution is 6.32. The van der Waals surface area contributed by atoms with E-state index in [0.717, 1.165) is 30.5 Å². The maximum absolute atomic E-state index is 12.1. The third-order valence-electron chi connectivity index (χ3n) is 7.47. The first kappa shape index (κ1) is 29.2. The summed E-state index contributed by atoms with van der Waals surface area (Å²) in [7, 11) is 1.59. The van der Waals surface area contributed by atoms with Crippen LogP contribution in [0.5, 0.6) is 5.75 Å². The summed E-state index contributed by atoms with van der Waals surface area (Å²) in [6.07, 6.45) is 5.91. The molecule has 1 aliphatic carbocycles. The number of ether oxygens (including phenoxy) is 1. The van der Waals surface area contributed by atoms with E-state index >= 15 is 0 Å². The predicted molar refractivity (Wildman–Crippen MR) is 150 cm³/mol. The number of nitrogens with zero attached hydrogens (tertiary/aromatic N) is 3. The van der Waals surface area contributed by atoms with Crippen LogP contribution in [-0.2, 0) is 16.1 Å². The van der Waals surface area contributed by atoms with Crippen molar-refractivity contribution in [2.75, 3.05) is 33.3 Å². The molecule has 0 radical (unpaired) electrons. The Morgan fingerprint density at radius 1 is 1.10 bits per heavy atom. The average molecular weight is 577 g/mol. The molecule has 39 heavy (non-hydrogen) atoms. The van der Waals surface area contributed by atoms with Gasteiger partial charge in [0.2, 0.25) is 5.91 Å². The number of carboxylic acids is 1. The lowest BCUT2D eigenvalue weighted by Gasteiger charge is -2.35. The number of carbonyl (C=O) groups is 3. The number of hydrogen-bond acceptors (Lipinski definition) is 5. The summed E-state index contributed by atoms with van der Waals surface area (Å²) >= 11 is 12.7. The molecule has 0 bridgehead atoms. The molecule has 1 saturated heterocycles. The Morgan fingerprint density at radius 2 is 1.82 bits per heavy atom. The molecule has 2 aromatic rings. The second-order valence-electron chi connectivity index (χ2n) is 10.4. The van der Waals surface area contributed by atoms with Gasteiger partial charge in [-0.15, -0.1) is 0 Å². The number of halogens is 2. The summed E-state index contributed by atoms with van der Waals surface area (Å²) in [6.45, 7) is 1.68. The van der Waals surface area contributed by atoms with Crippen LogP contribution < -0.4 is 4.74 Å². The van der Waals surface area contributed by atoms with Crippen LogP contribution in [-0.4, -0.2) is 71.0 Å². The molecule has 2 aromatic carbocycles. The van der Waals surface area contributed by atoms with Crippen LogP contribution >= 0.6 is 23.2 Å². The molecule has 8 nitrogen and oxygen atoms in total. The van der Waals surface area contributed by atoms with Crippen LogP contribution in [0.3, 0.4) is 0 Å². The highest BCUT2D eigenvalue weighted by Crippen LogP contribution is 2.33. The van der Waals surface area contributed by atoms with E-state index in [1.807, 2.05) is 24.3 Å². The summed E-state index contributed by atoms with van der Waals surface area (Å²) < 4.78 is 5.79. The number of carboxylic acid groups (broad SMARTS) is 1. The van der Waals surface area contributed by atoms with E-state index in [0.29, 0.717) is 28.3 Å². The number of urea groups is 1. The minimum atomic E-state index is -0.855. The molecule has 1 heterocycles. The van der Waals surface area contributed by atoms with E-state index < -0.39 is 5.97 Å². The standard InChI is InChI=1S/C29H35Cl2N3O5/c1-32-19-27(35)34(29(32)38)13-14-39-26-12-7-21(15-24(26)31)18-33(17-20-5-3-2-4-6-20)25(16-28(36)37)22-8-10-23(30)11-9-22/h7-12,15,20,25H,2-6,13-14,16-19H2,1H3,(H,36,37)/t25-/m1/s1. The molecule has 1 aliphatic heterocycles. The van der Waals surface area contributed by atoms with Crippen molar-refractivity contribution in [1.29, 1.82) is 0 Å². The SMILES string of the molecule is CN1CC(=O)N(CCOc2ccc(CN(CC3CCCCC3)[C@H](CC(=O)O)c3ccc(Cl)cc3)cc2Cl)C1=O. The van der Waals surface area contributed by atoms with Gasteiger partial charge in [0, 0.05) is 31.2 Å². The third-order valence-corrected chi connectivity index (χ3v) is 8.01. The minimum absolute atomic E-state index is 0.0214. The molecule has 2 fully saturated rings. The van der Waals surface area contributed by atoms with Crippen LogP contribution in [0.15, 0.2) is 42.5 Å². The predicted octanol–water partition coefficient (Wildman–Crippen LogP) is 5.86. The van der Waals surface area contributed by atoms with Gasteiger partial charge in [0.15, 0.2) is 0 Å². The molecule has 3 amide bonds. The van der Waals surface area contributed by atoms with Gasteiger partial charge in [0.25, 0.3) is 0 Å². The lowest BCUT2D eigenvalue weighted by molar-refractivity contribution is -0.138. The molecule has 1 N–H and O–H groups in total. The van der Waals surface area contributed by atoms with Crippen molar-refractivity contribution in [2.24, 2.45) is 5.92 Å². The Labute approximate surface area is 239 Å². The number of benzene rings is 2. The molecular formula is C29H35Cl2N3O5. The molecular weight excluding hydrogens is 541 g/mol. The van der Waals surface area contributed by atoms with Gasteiger partial charge in [-0.2, -0.15) is 0 Å². The molecule has 0 unspecified atom stereocenters. The van der Waals surface area contributed by atoms with Gasteiger partial charge in [0.05, 0.1) is 18.0 Å². The first-order valence-electron chi connectivity index (χ1n) is 13.4. The lowest BCUT2D eigenvalue weighted by Crippen LogP contribution is -2.35. The van der Waals surface area contributed by atoms with Crippen LogP contribution in [0.25, 0.3) is 0 Å². The second kappa shape index (κ2) is 13.5. The molecule has 1 atom stereocenters. The Morgan fingerprint density at radius 3 is 2.44 bits per heavy atom. The van der Waals surface area contributed by atoms with Crippen molar-refractivity contribution in [3.8, 4) is 5.75 Å². The number of carbonyl (C=O) groups excluding carboxylic acids is 2. The normalized spacial score (nSPS) is 17.2. The fourth-order valence-corrected chi connectivity index (χ4v) is 5.83. The van der Waals surface area contributed by atoms with E-state index in [-0.39, 0.29) is 44.1 Å². The molecule has 1 saturated carbocycles. The molecule has 4 rings (SSSR count). The summed E-state index contributed by atoms with van der Waals surface area (Å²) in [5, 5.41) is 10.8. The third kappa shape index (κ3) is 7.87. The zero-order valence-electron chi connectivity index (χ0n) is 22.2. The Balaban J connectivity index is 1.48. The van der Waals surface area contributed by atoms with Crippen LogP contribution in [0.2, 0.25) is 10.0 Å². The number of hydrogen-bond donors (Lipinski definition) is 1. The van der Waals surface area contributed by atoms with Crippen LogP contribution in [0, 0.1) is 5.92 Å². The number of imide groups is 1. The van der Waals surface area contributed by atoms with Gasteiger partial charge in [0.1, 0.15) is 18.9 Å². The van der Waals surface area contributed by atoms with Gasteiger partial charge in [-0.3, -0.25) is 19.4 Å². The van der Waals surface area contributed by atoms with Crippen molar-refractivity contribution in [3.63, 3.8) is 0 Å². The van der Waals surface area contributed by atoms with Crippen LogP contribution in [0.4, 0.5) is 4.79 Å². The summed E-state index contributed by atoms with van der Waals surface area (Å²) in [4.78, 5) is 40.7. The Kier molecular flexibility index (Phi) is 10.1. The van der Waals surface area contributed by atoms with Gasteiger partial charge < -0.3 is 14.7 Å². The topological polar surface area (TPSA) is 90.4 Å². The number of amides is 3. The minimum Gasteiger partial charge on any atom is -0.490 e. The first-order valence-corrected chi connectivity index (χ1v) is 14.1.